The lowest BCUT2D eigenvalue weighted by molar-refractivity contribution is 0.102. The fourth-order valence-electron chi connectivity index (χ4n) is 1.70. The molecule has 0 saturated carbocycles. The highest BCUT2D eigenvalue weighted by atomic mass is 16.5. The third-order valence-corrected chi connectivity index (χ3v) is 2.69. The molecule has 0 atom stereocenters. The van der Waals surface area contributed by atoms with E-state index < -0.39 is 0 Å². The van der Waals surface area contributed by atoms with E-state index in [1.54, 1.807) is 43.5 Å². The highest BCUT2D eigenvalue weighted by Gasteiger charge is 2.07. The van der Waals surface area contributed by atoms with Crippen LogP contribution in [0.5, 0.6) is 5.75 Å². The third kappa shape index (κ3) is 4.17. The van der Waals surface area contributed by atoms with E-state index in [9.17, 15) is 4.79 Å². The summed E-state index contributed by atoms with van der Waals surface area (Å²) in [6.07, 6.45) is 0. The molecule has 1 heterocycles. The van der Waals surface area contributed by atoms with Crippen LogP contribution in [0.1, 0.15) is 24.2 Å². The number of anilines is 2. The Morgan fingerprint density at radius 1 is 1.05 bits per heavy atom. The van der Waals surface area contributed by atoms with Crippen LogP contribution in [0, 0.1) is 0 Å². The average molecular weight is 286 g/mol. The standard InChI is InChI=1S/C15H18N4O2/c1-10(2)16-13-8-9-14(19-18-13)17-15(20)11-4-6-12(21-3)7-5-11/h4-10H,1-3H3,(H,16,18)(H,17,19,20). The smallest absolute Gasteiger partial charge is 0.256 e. The fourth-order valence-corrected chi connectivity index (χ4v) is 1.70. The number of carbonyl (C=O) groups excluding carboxylic acids is 1. The van der Waals surface area contributed by atoms with Gasteiger partial charge >= 0.3 is 0 Å². The minimum absolute atomic E-state index is 0.239. The van der Waals surface area contributed by atoms with Crippen LogP contribution in [0.4, 0.5) is 11.6 Å². The van der Waals surface area contributed by atoms with Gasteiger partial charge in [0.2, 0.25) is 0 Å². The van der Waals surface area contributed by atoms with E-state index in [0.717, 1.165) is 0 Å². The van der Waals surface area contributed by atoms with E-state index in [0.29, 0.717) is 22.9 Å². The first-order chi connectivity index (χ1) is 10.1. The summed E-state index contributed by atoms with van der Waals surface area (Å²) >= 11 is 0. The average Bonchev–Trinajstić information content (AvgIpc) is 2.49. The minimum Gasteiger partial charge on any atom is -0.497 e. The van der Waals surface area contributed by atoms with Crippen LogP contribution in [-0.4, -0.2) is 29.3 Å². The largest absolute Gasteiger partial charge is 0.497 e. The van der Waals surface area contributed by atoms with Crippen LogP contribution < -0.4 is 15.4 Å². The Balaban J connectivity index is 2.01. The molecule has 6 nitrogen and oxygen atoms in total. The Hall–Kier alpha value is -2.63. The van der Waals surface area contributed by atoms with Crippen molar-refractivity contribution < 1.29 is 9.53 Å². The van der Waals surface area contributed by atoms with Gasteiger partial charge < -0.3 is 15.4 Å². The van der Waals surface area contributed by atoms with Gasteiger partial charge in [-0.3, -0.25) is 4.79 Å². The van der Waals surface area contributed by atoms with Crippen molar-refractivity contribution in [1.29, 1.82) is 0 Å². The summed E-state index contributed by atoms with van der Waals surface area (Å²) < 4.78 is 5.05. The van der Waals surface area contributed by atoms with Crippen molar-refractivity contribution in [1.82, 2.24) is 10.2 Å². The second kappa shape index (κ2) is 6.69. The predicted molar refractivity (Wildman–Crippen MR) is 81.7 cm³/mol. The first-order valence-electron chi connectivity index (χ1n) is 6.64. The molecule has 1 aromatic carbocycles. The van der Waals surface area contributed by atoms with E-state index in [-0.39, 0.29) is 11.9 Å². The number of methoxy groups -OCH3 is 1. The van der Waals surface area contributed by atoms with Crippen LogP contribution in [0.25, 0.3) is 0 Å². The molecule has 1 amide bonds. The predicted octanol–water partition coefficient (Wildman–Crippen LogP) is 2.56. The van der Waals surface area contributed by atoms with Gasteiger partial charge in [-0.2, -0.15) is 0 Å². The van der Waals surface area contributed by atoms with E-state index in [2.05, 4.69) is 20.8 Å². The van der Waals surface area contributed by atoms with Gasteiger partial charge in [0.15, 0.2) is 5.82 Å². The Bertz CT molecular complexity index is 594. The molecule has 0 aliphatic rings. The molecular formula is C15H18N4O2. The summed E-state index contributed by atoms with van der Waals surface area (Å²) in [5.74, 6) is 1.55. The number of ether oxygens (including phenoxy) is 1. The molecule has 0 aliphatic carbocycles. The monoisotopic (exact) mass is 286 g/mol. The van der Waals surface area contributed by atoms with Crippen molar-refractivity contribution in [3.8, 4) is 5.75 Å². The van der Waals surface area contributed by atoms with Crippen LogP contribution in [0.2, 0.25) is 0 Å². The topological polar surface area (TPSA) is 76.1 Å². The van der Waals surface area contributed by atoms with Crippen molar-refractivity contribution in [2.24, 2.45) is 0 Å². The second-order valence-corrected chi connectivity index (χ2v) is 4.79. The van der Waals surface area contributed by atoms with Crippen molar-refractivity contribution >= 4 is 17.5 Å². The molecule has 0 aliphatic heterocycles. The molecule has 0 fully saturated rings. The number of amides is 1. The summed E-state index contributed by atoms with van der Waals surface area (Å²) in [6, 6.07) is 10.6. The van der Waals surface area contributed by atoms with Gasteiger partial charge in [0.05, 0.1) is 7.11 Å². The number of rotatable bonds is 5. The maximum atomic E-state index is 12.0. The lowest BCUT2D eigenvalue weighted by Crippen LogP contribution is -2.15. The number of benzene rings is 1. The van der Waals surface area contributed by atoms with Crippen LogP contribution in [0.15, 0.2) is 36.4 Å². The molecule has 2 rings (SSSR count). The molecule has 110 valence electrons. The van der Waals surface area contributed by atoms with Crippen molar-refractivity contribution in [3.63, 3.8) is 0 Å². The zero-order valence-corrected chi connectivity index (χ0v) is 12.3. The summed E-state index contributed by atoms with van der Waals surface area (Å²) in [4.78, 5) is 12.0. The first kappa shape index (κ1) is 14.8. The number of carbonyl (C=O) groups is 1. The molecule has 0 spiro atoms. The third-order valence-electron chi connectivity index (χ3n) is 2.69. The van der Waals surface area contributed by atoms with Gasteiger partial charge in [0.1, 0.15) is 11.6 Å². The molecule has 0 saturated heterocycles. The molecule has 1 aromatic heterocycles. The van der Waals surface area contributed by atoms with Gasteiger partial charge in [-0.25, -0.2) is 0 Å². The normalized spacial score (nSPS) is 10.3. The lowest BCUT2D eigenvalue weighted by atomic mass is 10.2. The summed E-state index contributed by atoms with van der Waals surface area (Å²) in [5.41, 5.74) is 0.530. The highest BCUT2D eigenvalue weighted by Crippen LogP contribution is 2.13. The fraction of sp³-hybridized carbons (Fsp3) is 0.267. The van der Waals surface area contributed by atoms with Crippen LogP contribution in [-0.2, 0) is 0 Å². The molecule has 0 bridgehead atoms. The quantitative estimate of drug-likeness (QED) is 0.883. The summed E-state index contributed by atoms with van der Waals surface area (Å²) in [6.45, 7) is 4.03. The van der Waals surface area contributed by atoms with Gasteiger partial charge in [-0.05, 0) is 50.2 Å². The molecule has 2 aromatic rings. The molecule has 6 heteroatoms. The first-order valence-corrected chi connectivity index (χ1v) is 6.64. The number of aromatic nitrogens is 2. The summed E-state index contributed by atoms with van der Waals surface area (Å²) in [7, 11) is 1.58. The minimum atomic E-state index is -0.239. The van der Waals surface area contributed by atoms with Crippen LogP contribution >= 0.6 is 0 Å². The van der Waals surface area contributed by atoms with Gasteiger partial charge in [0.25, 0.3) is 5.91 Å². The van der Waals surface area contributed by atoms with Gasteiger partial charge in [-0.1, -0.05) is 0 Å². The Kier molecular flexibility index (Phi) is 4.71. The number of nitrogens with one attached hydrogen (secondary N) is 2. The lowest BCUT2D eigenvalue weighted by Gasteiger charge is -2.09. The number of hydrogen-bond donors (Lipinski definition) is 2. The highest BCUT2D eigenvalue weighted by molar-refractivity contribution is 6.03. The van der Waals surface area contributed by atoms with Crippen molar-refractivity contribution in [3.05, 3.63) is 42.0 Å². The summed E-state index contributed by atoms with van der Waals surface area (Å²) in [5, 5.41) is 13.8. The molecule has 0 unspecified atom stereocenters. The Morgan fingerprint density at radius 2 is 1.67 bits per heavy atom. The van der Waals surface area contributed by atoms with Gasteiger partial charge in [0, 0.05) is 11.6 Å². The van der Waals surface area contributed by atoms with E-state index >= 15 is 0 Å². The molecule has 21 heavy (non-hydrogen) atoms. The zero-order chi connectivity index (χ0) is 15.2. The second-order valence-electron chi connectivity index (χ2n) is 4.79. The molecule has 2 N–H and O–H groups in total. The van der Waals surface area contributed by atoms with Crippen LogP contribution in [0.3, 0.4) is 0 Å². The Morgan fingerprint density at radius 3 is 2.19 bits per heavy atom. The van der Waals surface area contributed by atoms with E-state index in [1.165, 1.54) is 0 Å². The van der Waals surface area contributed by atoms with Crippen molar-refractivity contribution in [2.75, 3.05) is 17.7 Å². The van der Waals surface area contributed by atoms with E-state index in [1.807, 2.05) is 13.8 Å². The maximum absolute atomic E-state index is 12.0. The molecule has 0 radical (unpaired) electrons. The number of nitrogens with zero attached hydrogens (tertiary/aromatic N) is 2. The van der Waals surface area contributed by atoms with Gasteiger partial charge in [-0.15, -0.1) is 10.2 Å². The Labute approximate surface area is 123 Å². The SMILES string of the molecule is COc1ccc(C(=O)Nc2ccc(NC(C)C)nn2)cc1. The van der Waals surface area contributed by atoms with Crippen molar-refractivity contribution in [2.45, 2.75) is 19.9 Å². The zero-order valence-electron chi connectivity index (χ0n) is 12.3. The molecular weight excluding hydrogens is 268 g/mol. The maximum Gasteiger partial charge on any atom is 0.256 e. The number of hydrogen-bond acceptors (Lipinski definition) is 5. The van der Waals surface area contributed by atoms with E-state index in [4.69, 9.17) is 4.74 Å².